The maximum absolute atomic E-state index is 13.5. The van der Waals surface area contributed by atoms with Crippen LogP contribution in [-0.4, -0.2) is 31.8 Å². The third-order valence-electron chi connectivity index (χ3n) is 4.03. The van der Waals surface area contributed by atoms with Crippen LogP contribution in [0.2, 0.25) is 0 Å². The molecule has 146 valence electrons. The number of rotatable bonds is 7. The van der Waals surface area contributed by atoms with Crippen molar-refractivity contribution in [2.24, 2.45) is 4.99 Å². The predicted octanol–water partition coefficient (Wildman–Crippen LogP) is 3.36. The van der Waals surface area contributed by atoms with Gasteiger partial charge in [-0.25, -0.2) is 9.38 Å². The predicted molar refractivity (Wildman–Crippen MR) is 104 cm³/mol. The molecule has 0 saturated heterocycles. The first-order chi connectivity index (χ1) is 13.0. The van der Waals surface area contributed by atoms with Crippen molar-refractivity contribution in [2.45, 2.75) is 26.4 Å². The fraction of sp³-hybridized carbons (Fsp3) is 0.350. The summed E-state index contributed by atoms with van der Waals surface area (Å²) in [4.78, 5) is 4.49. The number of aliphatic imine (C=N–C) groups is 1. The second kappa shape index (κ2) is 9.66. The molecule has 2 aromatic rings. The zero-order chi connectivity index (χ0) is 19.8. The van der Waals surface area contributed by atoms with Crippen LogP contribution >= 0.6 is 0 Å². The third kappa shape index (κ3) is 5.51. The maximum Gasteiger partial charge on any atom is 0.192 e. The fourth-order valence-electron chi connectivity index (χ4n) is 2.60. The molecular weight excluding hydrogens is 349 g/mol. The van der Waals surface area contributed by atoms with Crippen LogP contribution in [0.5, 0.6) is 17.2 Å². The lowest BCUT2D eigenvalue weighted by Crippen LogP contribution is -2.38. The highest BCUT2D eigenvalue weighted by atomic mass is 19.1. The number of phenolic OH excluding ortho intramolecular Hbond substituents is 1. The largest absolute Gasteiger partial charge is 0.505 e. The van der Waals surface area contributed by atoms with Crippen molar-refractivity contribution < 1.29 is 19.0 Å². The van der Waals surface area contributed by atoms with Crippen molar-refractivity contribution in [3.63, 3.8) is 0 Å². The number of nitrogens with one attached hydrogen (secondary N) is 2. The van der Waals surface area contributed by atoms with Gasteiger partial charge in [0, 0.05) is 12.1 Å². The minimum atomic E-state index is -0.657. The number of phenols is 1. The zero-order valence-electron chi connectivity index (χ0n) is 16.0. The van der Waals surface area contributed by atoms with Crippen molar-refractivity contribution in [3.8, 4) is 17.2 Å². The summed E-state index contributed by atoms with van der Waals surface area (Å²) in [6.45, 7) is 4.91. The number of benzene rings is 2. The van der Waals surface area contributed by atoms with Crippen LogP contribution in [0, 0.1) is 5.82 Å². The monoisotopic (exact) mass is 375 g/mol. The molecule has 2 rings (SSSR count). The molecule has 0 saturated carbocycles. The van der Waals surface area contributed by atoms with Crippen molar-refractivity contribution >= 4 is 5.96 Å². The topological polar surface area (TPSA) is 75.1 Å². The summed E-state index contributed by atoms with van der Waals surface area (Å²) >= 11 is 0. The van der Waals surface area contributed by atoms with Gasteiger partial charge in [-0.05, 0) is 49.7 Å². The molecule has 0 aliphatic heterocycles. The van der Waals surface area contributed by atoms with E-state index in [4.69, 9.17) is 9.47 Å². The standard InChI is InChI=1S/C20H26FN3O3/c1-5-22-20(23-12-14-6-8-18(25)17(21)10-14)24-13(2)16-11-15(26-3)7-9-19(16)27-4/h6-11,13,25H,5,12H2,1-4H3,(H2,22,23,24). The first kappa shape index (κ1) is 20.4. The molecule has 0 aliphatic rings. The molecule has 1 atom stereocenters. The number of methoxy groups -OCH3 is 2. The SMILES string of the molecule is CCNC(=NCc1ccc(O)c(F)c1)NC(C)c1cc(OC)ccc1OC. The Morgan fingerprint density at radius 3 is 2.59 bits per heavy atom. The van der Waals surface area contributed by atoms with E-state index >= 15 is 0 Å². The maximum atomic E-state index is 13.5. The van der Waals surface area contributed by atoms with Gasteiger partial charge in [0.2, 0.25) is 0 Å². The first-order valence-electron chi connectivity index (χ1n) is 8.72. The van der Waals surface area contributed by atoms with E-state index in [9.17, 15) is 9.50 Å². The molecular formula is C20H26FN3O3. The normalized spacial score (nSPS) is 12.4. The minimum absolute atomic E-state index is 0.107. The average molecular weight is 375 g/mol. The molecule has 7 heteroatoms. The van der Waals surface area contributed by atoms with E-state index in [1.54, 1.807) is 20.3 Å². The summed E-state index contributed by atoms with van der Waals surface area (Å²) in [6, 6.07) is 9.74. The molecule has 1 unspecified atom stereocenters. The molecule has 0 fully saturated rings. The van der Waals surface area contributed by atoms with Crippen LogP contribution in [0.3, 0.4) is 0 Å². The van der Waals surface area contributed by atoms with Crippen molar-refractivity contribution in [2.75, 3.05) is 20.8 Å². The molecule has 0 radical (unpaired) electrons. The molecule has 27 heavy (non-hydrogen) atoms. The van der Waals surface area contributed by atoms with E-state index in [0.29, 0.717) is 18.1 Å². The van der Waals surface area contributed by atoms with Gasteiger partial charge in [0.1, 0.15) is 11.5 Å². The van der Waals surface area contributed by atoms with E-state index in [1.807, 2.05) is 32.0 Å². The van der Waals surface area contributed by atoms with Gasteiger partial charge in [0.15, 0.2) is 17.5 Å². The van der Waals surface area contributed by atoms with E-state index in [-0.39, 0.29) is 18.3 Å². The molecule has 0 aromatic heterocycles. The molecule has 0 spiro atoms. The molecule has 2 aromatic carbocycles. The number of aromatic hydroxyl groups is 1. The highest BCUT2D eigenvalue weighted by Gasteiger charge is 2.14. The van der Waals surface area contributed by atoms with Gasteiger partial charge in [-0.2, -0.15) is 0 Å². The quantitative estimate of drug-likeness (QED) is 0.511. The molecule has 0 aliphatic carbocycles. The second-order valence-electron chi connectivity index (χ2n) is 5.95. The Morgan fingerprint density at radius 2 is 1.96 bits per heavy atom. The van der Waals surface area contributed by atoms with Crippen LogP contribution in [0.25, 0.3) is 0 Å². The Kier molecular flexibility index (Phi) is 7.28. The van der Waals surface area contributed by atoms with E-state index in [2.05, 4.69) is 15.6 Å². The molecule has 6 nitrogen and oxygen atoms in total. The van der Waals surface area contributed by atoms with Gasteiger partial charge >= 0.3 is 0 Å². The Bertz CT molecular complexity index is 796. The van der Waals surface area contributed by atoms with Gasteiger partial charge in [0.25, 0.3) is 0 Å². The lowest BCUT2D eigenvalue weighted by Gasteiger charge is -2.21. The van der Waals surface area contributed by atoms with E-state index in [1.165, 1.54) is 12.1 Å². The van der Waals surface area contributed by atoms with Gasteiger partial charge in [-0.1, -0.05) is 6.07 Å². The number of hydrogen-bond acceptors (Lipinski definition) is 4. The van der Waals surface area contributed by atoms with Crippen molar-refractivity contribution in [1.29, 1.82) is 0 Å². The van der Waals surface area contributed by atoms with Gasteiger partial charge in [0.05, 0.1) is 26.8 Å². The average Bonchev–Trinajstić information content (AvgIpc) is 2.68. The summed E-state index contributed by atoms with van der Waals surface area (Å²) < 4.78 is 24.2. The van der Waals surface area contributed by atoms with Crippen LogP contribution in [0.4, 0.5) is 4.39 Å². The van der Waals surface area contributed by atoms with Gasteiger partial charge < -0.3 is 25.2 Å². The summed E-state index contributed by atoms with van der Waals surface area (Å²) in [7, 11) is 3.24. The van der Waals surface area contributed by atoms with Crippen molar-refractivity contribution in [3.05, 3.63) is 53.3 Å². The van der Waals surface area contributed by atoms with E-state index < -0.39 is 5.82 Å². The Morgan fingerprint density at radius 1 is 1.19 bits per heavy atom. The van der Waals surface area contributed by atoms with E-state index in [0.717, 1.165) is 17.1 Å². The molecule has 0 bridgehead atoms. The number of ether oxygens (including phenoxy) is 2. The Labute approximate surface area is 159 Å². The molecule has 0 amide bonds. The zero-order valence-corrected chi connectivity index (χ0v) is 16.0. The smallest absolute Gasteiger partial charge is 0.192 e. The fourth-order valence-corrected chi connectivity index (χ4v) is 2.60. The highest BCUT2D eigenvalue weighted by molar-refractivity contribution is 5.80. The van der Waals surface area contributed by atoms with Crippen LogP contribution in [0.15, 0.2) is 41.4 Å². The number of halogens is 1. The first-order valence-corrected chi connectivity index (χ1v) is 8.72. The summed E-state index contributed by atoms with van der Waals surface area (Å²) in [5, 5.41) is 15.8. The van der Waals surface area contributed by atoms with Gasteiger partial charge in [-0.15, -0.1) is 0 Å². The number of nitrogens with zero attached hydrogens (tertiary/aromatic N) is 1. The number of hydrogen-bond donors (Lipinski definition) is 3. The van der Waals surface area contributed by atoms with Crippen LogP contribution in [-0.2, 0) is 6.54 Å². The second-order valence-corrected chi connectivity index (χ2v) is 5.95. The lowest BCUT2D eigenvalue weighted by molar-refractivity contribution is 0.394. The van der Waals surface area contributed by atoms with Crippen LogP contribution < -0.4 is 20.1 Å². The molecule has 0 heterocycles. The summed E-state index contributed by atoms with van der Waals surface area (Å²) in [5.74, 6) is 1.04. The number of guanidine groups is 1. The van der Waals surface area contributed by atoms with Gasteiger partial charge in [-0.3, -0.25) is 0 Å². The van der Waals surface area contributed by atoms with Crippen molar-refractivity contribution in [1.82, 2.24) is 10.6 Å². The van der Waals surface area contributed by atoms with Crippen LogP contribution in [0.1, 0.15) is 31.0 Å². The highest BCUT2D eigenvalue weighted by Crippen LogP contribution is 2.29. The summed E-state index contributed by atoms with van der Waals surface area (Å²) in [5.41, 5.74) is 1.59. The minimum Gasteiger partial charge on any atom is -0.505 e. The Hall–Kier alpha value is -2.96. The summed E-state index contributed by atoms with van der Waals surface area (Å²) in [6.07, 6.45) is 0. The Balaban J connectivity index is 2.18. The third-order valence-corrected chi connectivity index (χ3v) is 4.03. The molecule has 3 N–H and O–H groups in total. The lowest BCUT2D eigenvalue weighted by atomic mass is 10.1.